The molecular weight excluding hydrogens is 919 g/mol. The van der Waals surface area contributed by atoms with Gasteiger partial charge in [-0.1, -0.05) is 62.8 Å². The van der Waals surface area contributed by atoms with Crippen LogP contribution in [0.5, 0.6) is 0 Å². The summed E-state index contributed by atoms with van der Waals surface area (Å²) in [6.07, 6.45) is 12.4. The van der Waals surface area contributed by atoms with Gasteiger partial charge in [-0.05, 0) is 61.1 Å². The average Bonchev–Trinajstić information content (AvgIpc) is 3.26. The molecule has 0 radical (unpaired) electrons. The Labute approximate surface area is 428 Å². The second kappa shape index (κ2) is 26.4. The predicted octanol–water partition coefficient (Wildman–Crippen LogP) is -3.40. The SMILES string of the molecule is O=S(=O)([O-])c1cc(Nc2nc(NC3CCCCC3)nc(N(CCO)CCO)n2)ccc1C=Cc1ccc(Nc2nc(NC3CCCCC3)nc(N(CCO)CCO)n2)cc1S(=O)(=O)[O-].[Na+].[Na+]. The van der Waals surface area contributed by atoms with Crippen LogP contribution in [0.4, 0.5) is 47.1 Å². The minimum absolute atomic E-state index is 0. The van der Waals surface area contributed by atoms with E-state index in [0.29, 0.717) is 0 Å². The number of anilines is 8. The molecule has 2 saturated carbocycles. The molecule has 2 fully saturated rings. The number of rotatable bonds is 22. The summed E-state index contributed by atoms with van der Waals surface area (Å²) in [6, 6.07) is 7.87. The number of aromatic nitrogens is 6. The number of aliphatic hydroxyl groups excluding tert-OH is 4. The molecule has 2 aliphatic rings. The van der Waals surface area contributed by atoms with Crippen molar-refractivity contribution in [2.24, 2.45) is 0 Å². The van der Waals surface area contributed by atoms with Crippen molar-refractivity contribution in [2.75, 3.05) is 83.7 Å². The Kier molecular flexibility index (Phi) is 22.1. The monoisotopic (exact) mass is 972 g/mol. The van der Waals surface area contributed by atoms with Crippen molar-refractivity contribution >= 4 is 79.5 Å². The molecule has 66 heavy (non-hydrogen) atoms. The van der Waals surface area contributed by atoms with Gasteiger partial charge in [0.05, 0.1) is 36.2 Å². The normalized spacial score (nSPS) is 14.8. The Morgan fingerprint density at radius 1 is 0.530 bits per heavy atom. The van der Waals surface area contributed by atoms with Crippen molar-refractivity contribution in [3.63, 3.8) is 0 Å². The van der Waals surface area contributed by atoms with Crippen molar-refractivity contribution in [3.8, 4) is 0 Å². The molecule has 6 rings (SSSR count). The maximum Gasteiger partial charge on any atom is 1.00 e. The molecule has 0 bridgehead atoms. The molecule has 22 nitrogen and oxygen atoms in total. The van der Waals surface area contributed by atoms with Gasteiger partial charge in [-0.25, -0.2) is 16.8 Å². The first-order chi connectivity index (χ1) is 30.8. The Morgan fingerprint density at radius 3 is 1.18 bits per heavy atom. The molecular formula is C40H54N12Na2O10S2. The Hall–Kier alpha value is -3.34. The molecule has 0 atom stereocenters. The maximum absolute atomic E-state index is 12.6. The van der Waals surface area contributed by atoms with Crippen molar-refractivity contribution in [1.29, 1.82) is 0 Å². The third-order valence-electron chi connectivity index (χ3n) is 10.7. The van der Waals surface area contributed by atoms with E-state index in [-0.39, 0.29) is 182 Å². The predicted molar refractivity (Wildman–Crippen MR) is 238 cm³/mol. The zero-order chi connectivity index (χ0) is 45.7. The largest absolute Gasteiger partial charge is 1.00 e. The van der Waals surface area contributed by atoms with Crippen LogP contribution < -0.4 is 90.2 Å². The average molecular weight is 973 g/mol. The summed E-state index contributed by atoms with van der Waals surface area (Å²) in [6.45, 7) is -0.561. The molecule has 2 aromatic heterocycles. The maximum atomic E-state index is 12.6. The first-order valence-corrected chi connectivity index (χ1v) is 24.0. The quantitative estimate of drug-likeness (QED) is 0.0216. The standard InChI is InChI=1S/C40H56N12O10S2.2Na/c53-21-17-51(18-22-54)39-47-35(41-29-7-3-1-4-8-29)45-37(49-39)43-31-15-13-27(33(25-31)63(57,58)59)11-12-28-14-16-32(26-34(28)64(60,61)62)44-38-46-36(42-30-9-5-2-6-10-30)48-40(50-38)52(19-23-55)20-24-56;;/h11-16,25-26,29-30,53-56H,1-10,17-24H2,(H,57,58,59)(H,60,61,62)(H2,41,43,45,47,49)(H2,42,44,46,48,50);;/q;2*+1/p-2. The van der Waals surface area contributed by atoms with E-state index in [9.17, 15) is 46.4 Å². The number of hydrogen-bond acceptors (Lipinski definition) is 22. The minimum atomic E-state index is -5.14. The van der Waals surface area contributed by atoms with Gasteiger partial charge < -0.3 is 60.6 Å². The molecule has 8 N–H and O–H groups in total. The van der Waals surface area contributed by atoms with Crippen molar-refractivity contribution in [1.82, 2.24) is 29.9 Å². The fourth-order valence-electron chi connectivity index (χ4n) is 7.59. The van der Waals surface area contributed by atoms with E-state index in [4.69, 9.17) is 0 Å². The van der Waals surface area contributed by atoms with Crippen LogP contribution in [0.25, 0.3) is 12.2 Å². The van der Waals surface area contributed by atoms with Gasteiger partial charge in [-0.3, -0.25) is 0 Å². The Balaban J connectivity index is 0.00000476. The summed E-state index contributed by atoms with van der Waals surface area (Å²) in [4.78, 5) is 28.6. The van der Waals surface area contributed by atoms with Gasteiger partial charge >= 0.3 is 59.1 Å². The van der Waals surface area contributed by atoms with Crippen molar-refractivity contribution in [2.45, 2.75) is 86.1 Å². The Morgan fingerprint density at radius 2 is 0.864 bits per heavy atom. The summed E-state index contributed by atoms with van der Waals surface area (Å²) >= 11 is 0. The number of aliphatic hydroxyl groups is 4. The van der Waals surface area contributed by atoms with Crippen LogP contribution >= 0.6 is 0 Å². The van der Waals surface area contributed by atoms with E-state index < -0.39 is 30.0 Å². The summed E-state index contributed by atoms with van der Waals surface area (Å²) in [5.74, 6) is 0.686. The smallest absolute Gasteiger partial charge is 0.744 e. The third-order valence-corrected chi connectivity index (χ3v) is 12.5. The first-order valence-electron chi connectivity index (χ1n) is 21.2. The molecule has 348 valence electrons. The number of hydrogen-bond donors (Lipinski definition) is 8. The Bertz CT molecular complexity index is 2270. The summed E-state index contributed by atoms with van der Waals surface area (Å²) in [5.41, 5.74) is -0.0149. The van der Waals surface area contributed by atoms with E-state index in [2.05, 4.69) is 51.2 Å². The van der Waals surface area contributed by atoms with Crippen LogP contribution in [-0.2, 0) is 20.2 Å². The zero-order valence-corrected chi connectivity index (χ0v) is 42.8. The minimum Gasteiger partial charge on any atom is -0.744 e. The van der Waals surface area contributed by atoms with Gasteiger partial charge in [0.15, 0.2) is 0 Å². The van der Waals surface area contributed by atoms with E-state index in [0.717, 1.165) is 76.3 Å². The molecule has 0 saturated heterocycles. The molecule has 26 heteroatoms. The van der Waals surface area contributed by atoms with Crippen molar-refractivity contribution in [3.05, 3.63) is 47.5 Å². The van der Waals surface area contributed by atoms with Crippen LogP contribution in [0.15, 0.2) is 46.2 Å². The van der Waals surface area contributed by atoms with Gasteiger partial charge in [0, 0.05) is 49.6 Å². The van der Waals surface area contributed by atoms with Crippen LogP contribution in [0.2, 0.25) is 0 Å². The van der Waals surface area contributed by atoms with Crippen molar-refractivity contribution < 1.29 is 105 Å². The van der Waals surface area contributed by atoms with Crippen LogP contribution in [-0.4, -0.2) is 141 Å². The van der Waals surface area contributed by atoms with Crippen LogP contribution in [0.1, 0.15) is 75.3 Å². The first kappa shape index (κ1) is 55.3. The van der Waals surface area contributed by atoms with Gasteiger partial charge in [0.2, 0.25) is 35.7 Å². The molecule has 0 spiro atoms. The fourth-order valence-corrected chi connectivity index (χ4v) is 8.98. The van der Waals surface area contributed by atoms with E-state index in [1.54, 1.807) is 9.80 Å². The van der Waals surface area contributed by atoms with E-state index in [1.807, 2.05) is 0 Å². The van der Waals surface area contributed by atoms with Gasteiger partial charge in [0.1, 0.15) is 20.2 Å². The summed E-state index contributed by atoms with van der Waals surface area (Å²) < 4.78 is 75.8. The number of nitrogens with one attached hydrogen (secondary N) is 4. The van der Waals surface area contributed by atoms with Gasteiger partial charge in [0.25, 0.3) is 0 Å². The molecule has 2 aromatic carbocycles. The fraction of sp³-hybridized carbons (Fsp3) is 0.500. The topological polar surface area (TPSA) is 327 Å². The second-order valence-corrected chi connectivity index (χ2v) is 18.1. The summed E-state index contributed by atoms with van der Waals surface area (Å²) in [7, 11) is -10.3. The molecule has 0 amide bonds. The van der Waals surface area contributed by atoms with E-state index in [1.165, 1.54) is 36.4 Å². The van der Waals surface area contributed by atoms with E-state index >= 15 is 0 Å². The third kappa shape index (κ3) is 16.1. The molecule has 4 aromatic rings. The molecule has 2 heterocycles. The summed E-state index contributed by atoms with van der Waals surface area (Å²) in [5, 5.41) is 51.1. The second-order valence-electron chi connectivity index (χ2n) is 15.4. The zero-order valence-electron chi connectivity index (χ0n) is 37.1. The number of benzene rings is 2. The van der Waals surface area contributed by atoms with Crippen LogP contribution in [0.3, 0.4) is 0 Å². The van der Waals surface area contributed by atoms with Crippen LogP contribution in [0, 0.1) is 0 Å². The molecule has 2 aliphatic carbocycles. The molecule has 0 unspecified atom stereocenters. The molecule has 0 aliphatic heterocycles. The number of nitrogens with zero attached hydrogens (tertiary/aromatic N) is 8. The van der Waals surface area contributed by atoms with Gasteiger partial charge in [-0.2, -0.15) is 29.9 Å². The van der Waals surface area contributed by atoms with Gasteiger partial charge in [-0.15, -0.1) is 0 Å².